The zero-order valence-electron chi connectivity index (χ0n) is 7.07. The number of hydrogen-bond acceptors (Lipinski definition) is 2. The molecule has 66 valence electrons. The predicted molar refractivity (Wildman–Crippen MR) is 52.4 cm³/mol. The van der Waals surface area contributed by atoms with E-state index in [4.69, 9.17) is 16.9 Å². The third-order valence-electron chi connectivity index (χ3n) is 1.72. The molecule has 0 saturated heterocycles. The molecule has 0 aliphatic carbocycles. The number of halogens is 1. The lowest BCUT2D eigenvalue weighted by atomic mass is 9.99. The highest BCUT2D eigenvalue weighted by molar-refractivity contribution is 6.30. The largest absolute Gasteiger partial charge is 0.244 e. The van der Waals surface area contributed by atoms with Crippen molar-refractivity contribution in [3.8, 4) is 6.07 Å². The summed E-state index contributed by atoms with van der Waals surface area (Å²) in [4.78, 5) is 3.91. The lowest BCUT2D eigenvalue weighted by Crippen LogP contribution is -1.96. The average Bonchev–Trinajstić information content (AvgIpc) is 2.16. The number of pyridine rings is 1. The lowest BCUT2D eigenvalue weighted by molar-refractivity contribution is 0.871. The van der Waals surface area contributed by atoms with Gasteiger partial charge in [-0.2, -0.15) is 5.26 Å². The van der Waals surface area contributed by atoms with E-state index in [0.717, 1.165) is 5.56 Å². The van der Waals surface area contributed by atoms with Gasteiger partial charge in [0.1, 0.15) is 5.15 Å². The second-order valence-electron chi connectivity index (χ2n) is 2.59. The van der Waals surface area contributed by atoms with Crippen LogP contribution in [0.1, 0.15) is 17.9 Å². The van der Waals surface area contributed by atoms with Crippen LogP contribution in [-0.2, 0) is 0 Å². The normalized spacial score (nSPS) is 11.7. The Morgan fingerprint density at radius 3 is 3.08 bits per heavy atom. The minimum Gasteiger partial charge on any atom is -0.244 e. The number of rotatable bonds is 3. The summed E-state index contributed by atoms with van der Waals surface area (Å²) < 4.78 is 0. The van der Waals surface area contributed by atoms with Gasteiger partial charge >= 0.3 is 0 Å². The summed E-state index contributed by atoms with van der Waals surface area (Å²) in [5.74, 6) is -0.237. The average molecular weight is 193 g/mol. The summed E-state index contributed by atoms with van der Waals surface area (Å²) in [5.41, 5.74) is 0.770. The molecule has 0 aromatic carbocycles. The molecule has 1 atom stereocenters. The molecule has 0 spiro atoms. The van der Waals surface area contributed by atoms with E-state index in [1.54, 1.807) is 18.3 Å². The van der Waals surface area contributed by atoms with Crippen molar-refractivity contribution in [2.75, 3.05) is 0 Å². The maximum absolute atomic E-state index is 8.85. The van der Waals surface area contributed by atoms with Gasteiger partial charge in [0.15, 0.2) is 0 Å². The Balaban J connectivity index is 2.99. The van der Waals surface area contributed by atoms with Gasteiger partial charge in [-0.25, -0.2) is 4.98 Å². The van der Waals surface area contributed by atoms with E-state index in [-0.39, 0.29) is 5.92 Å². The molecule has 2 nitrogen and oxygen atoms in total. The first-order valence-corrected chi connectivity index (χ1v) is 4.28. The minimum atomic E-state index is -0.237. The molecule has 1 aromatic rings. The van der Waals surface area contributed by atoms with Gasteiger partial charge in [0, 0.05) is 11.8 Å². The highest BCUT2D eigenvalue weighted by atomic mass is 35.5. The molecule has 0 N–H and O–H groups in total. The third-order valence-corrected chi connectivity index (χ3v) is 2.04. The number of nitrogens with zero attached hydrogens (tertiary/aromatic N) is 2. The molecule has 0 amide bonds. The second kappa shape index (κ2) is 4.64. The van der Waals surface area contributed by atoms with Gasteiger partial charge in [-0.05, 0) is 12.5 Å². The topological polar surface area (TPSA) is 36.7 Å². The van der Waals surface area contributed by atoms with Gasteiger partial charge in [0.25, 0.3) is 0 Å². The molecule has 0 saturated carbocycles. The minimum absolute atomic E-state index is 0.237. The van der Waals surface area contributed by atoms with E-state index >= 15 is 0 Å². The first kappa shape index (κ1) is 9.76. The molecule has 1 rings (SSSR count). The van der Waals surface area contributed by atoms with E-state index in [9.17, 15) is 0 Å². The van der Waals surface area contributed by atoms with Crippen LogP contribution >= 0.6 is 11.6 Å². The number of allylic oxidation sites excluding steroid dienone is 1. The summed E-state index contributed by atoms with van der Waals surface area (Å²) in [5, 5.41) is 9.25. The molecule has 3 heteroatoms. The van der Waals surface area contributed by atoms with Crippen molar-refractivity contribution in [1.29, 1.82) is 5.26 Å². The summed E-state index contributed by atoms with van der Waals surface area (Å²) in [7, 11) is 0. The monoisotopic (exact) mass is 192 g/mol. The number of hydrogen-bond donors (Lipinski definition) is 0. The Bertz CT molecular complexity index is 341. The second-order valence-corrected chi connectivity index (χ2v) is 2.95. The van der Waals surface area contributed by atoms with Gasteiger partial charge in [0.2, 0.25) is 0 Å². The zero-order chi connectivity index (χ0) is 9.68. The molecule has 0 aliphatic heterocycles. The van der Waals surface area contributed by atoms with Crippen LogP contribution in [0.2, 0.25) is 5.15 Å². The first-order valence-electron chi connectivity index (χ1n) is 3.90. The van der Waals surface area contributed by atoms with Crippen molar-refractivity contribution in [2.45, 2.75) is 12.3 Å². The van der Waals surface area contributed by atoms with Crippen molar-refractivity contribution < 1.29 is 0 Å². The highest BCUT2D eigenvalue weighted by Crippen LogP contribution is 2.24. The van der Waals surface area contributed by atoms with Crippen LogP contribution < -0.4 is 0 Å². The van der Waals surface area contributed by atoms with Gasteiger partial charge in [0.05, 0.1) is 12.0 Å². The van der Waals surface area contributed by atoms with Crippen LogP contribution in [0.3, 0.4) is 0 Å². The molecule has 0 radical (unpaired) electrons. The van der Waals surface area contributed by atoms with E-state index in [1.165, 1.54) is 0 Å². The predicted octanol–water partition coefficient (Wildman–Crippen LogP) is 2.92. The van der Waals surface area contributed by atoms with Crippen LogP contribution in [0.15, 0.2) is 31.0 Å². The van der Waals surface area contributed by atoms with E-state index in [1.807, 2.05) is 6.07 Å². The Kier molecular flexibility index (Phi) is 3.48. The summed E-state index contributed by atoms with van der Waals surface area (Å²) in [6, 6.07) is 5.75. The molecule has 1 heterocycles. The molecule has 0 fully saturated rings. The molecular formula is C10H9ClN2. The smallest absolute Gasteiger partial charge is 0.133 e. The van der Waals surface area contributed by atoms with E-state index < -0.39 is 0 Å². The highest BCUT2D eigenvalue weighted by Gasteiger charge is 2.12. The number of aromatic nitrogens is 1. The van der Waals surface area contributed by atoms with Crippen LogP contribution in [-0.4, -0.2) is 4.98 Å². The van der Waals surface area contributed by atoms with Crippen molar-refractivity contribution in [3.05, 3.63) is 41.7 Å². The zero-order valence-corrected chi connectivity index (χ0v) is 7.83. The van der Waals surface area contributed by atoms with Gasteiger partial charge in [-0.1, -0.05) is 23.7 Å². The van der Waals surface area contributed by atoms with Gasteiger partial charge < -0.3 is 0 Å². The maximum atomic E-state index is 8.85. The fraction of sp³-hybridized carbons (Fsp3) is 0.200. The van der Waals surface area contributed by atoms with Crippen molar-refractivity contribution >= 4 is 11.6 Å². The molecule has 1 unspecified atom stereocenters. The summed E-state index contributed by atoms with van der Waals surface area (Å²) >= 11 is 5.84. The van der Waals surface area contributed by atoms with Crippen molar-refractivity contribution in [3.63, 3.8) is 0 Å². The molecule has 1 aromatic heterocycles. The Labute approximate surface area is 82.5 Å². The van der Waals surface area contributed by atoms with Crippen molar-refractivity contribution in [1.82, 2.24) is 4.98 Å². The maximum Gasteiger partial charge on any atom is 0.133 e. The first-order chi connectivity index (χ1) is 6.29. The van der Waals surface area contributed by atoms with Crippen LogP contribution in [0.4, 0.5) is 0 Å². The lowest BCUT2D eigenvalue weighted by Gasteiger charge is -2.06. The summed E-state index contributed by atoms with van der Waals surface area (Å²) in [6.45, 7) is 3.59. The molecule has 0 bridgehead atoms. The van der Waals surface area contributed by atoms with Crippen molar-refractivity contribution in [2.24, 2.45) is 0 Å². The molecule has 13 heavy (non-hydrogen) atoms. The quantitative estimate of drug-likeness (QED) is 0.546. The van der Waals surface area contributed by atoms with Crippen LogP contribution in [0.25, 0.3) is 0 Å². The van der Waals surface area contributed by atoms with Crippen LogP contribution in [0.5, 0.6) is 0 Å². The Morgan fingerprint density at radius 1 is 1.77 bits per heavy atom. The summed E-state index contributed by atoms with van der Waals surface area (Å²) in [6.07, 6.45) is 3.91. The van der Waals surface area contributed by atoms with Gasteiger partial charge in [-0.15, -0.1) is 6.58 Å². The molecule has 0 aliphatic rings. The van der Waals surface area contributed by atoms with Gasteiger partial charge in [-0.3, -0.25) is 0 Å². The van der Waals surface area contributed by atoms with E-state index in [0.29, 0.717) is 11.6 Å². The Morgan fingerprint density at radius 2 is 2.54 bits per heavy atom. The number of nitriles is 1. The molecular weight excluding hydrogens is 184 g/mol. The van der Waals surface area contributed by atoms with Crippen LogP contribution in [0, 0.1) is 11.3 Å². The Hall–Kier alpha value is -1.33. The fourth-order valence-corrected chi connectivity index (χ4v) is 1.33. The standard InChI is InChI=1S/C10H9ClN2/c1-2-4-8(7-12)9-5-3-6-13-10(9)11/h2-3,5-6,8H,1,4H2. The fourth-order valence-electron chi connectivity index (χ4n) is 1.07. The third kappa shape index (κ3) is 2.30. The van der Waals surface area contributed by atoms with E-state index in [2.05, 4.69) is 17.6 Å². The SMILES string of the molecule is C=CCC(C#N)c1cccnc1Cl.